The monoisotopic (exact) mass is 447 g/mol. The number of urea groups is 1. The van der Waals surface area contributed by atoms with Crippen LogP contribution in [0.15, 0.2) is 42.5 Å². The number of hydrogen-bond acceptors (Lipinski definition) is 4. The van der Waals surface area contributed by atoms with Crippen LogP contribution in [0.4, 0.5) is 13.6 Å². The van der Waals surface area contributed by atoms with Gasteiger partial charge in [0.15, 0.2) is 0 Å². The number of nitrogens with one attached hydrogen (secondary N) is 1. The van der Waals surface area contributed by atoms with Crippen molar-refractivity contribution in [2.45, 2.75) is 19.9 Å². The Morgan fingerprint density at radius 2 is 1.78 bits per heavy atom. The fourth-order valence-electron chi connectivity index (χ4n) is 3.44. The molecule has 2 aromatic carbocycles. The lowest BCUT2D eigenvalue weighted by Crippen LogP contribution is -2.53. The number of aryl methyl sites for hydroxylation is 1. The highest BCUT2D eigenvalue weighted by Gasteiger charge is 2.25. The quantitative estimate of drug-likeness (QED) is 0.707. The zero-order valence-electron chi connectivity index (χ0n) is 18.1. The Labute approximate surface area is 185 Å². The van der Waals surface area contributed by atoms with Crippen LogP contribution in [0.3, 0.4) is 0 Å². The largest absolute Gasteiger partial charge is 0.496 e. The van der Waals surface area contributed by atoms with Crippen LogP contribution in [0.1, 0.15) is 21.5 Å². The maximum absolute atomic E-state index is 12.8. The first kappa shape index (κ1) is 23.3. The highest BCUT2D eigenvalue weighted by atomic mass is 19.3. The minimum atomic E-state index is -2.54. The summed E-state index contributed by atoms with van der Waals surface area (Å²) in [4.78, 5) is 28.7. The van der Waals surface area contributed by atoms with Crippen LogP contribution in [0.2, 0.25) is 0 Å². The summed E-state index contributed by atoms with van der Waals surface area (Å²) in [6.45, 7) is 3.17. The predicted octanol–water partition coefficient (Wildman–Crippen LogP) is 3.32. The summed E-state index contributed by atoms with van der Waals surface area (Å²) in [7, 11) is 1.57. The van der Waals surface area contributed by atoms with Crippen molar-refractivity contribution < 1.29 is 27.8 Å². The van der Waals surface area contributed by atoms with Gasteiger partial charge in [-0.05, 0) is 42.3 Å². The van der Waals surface area contributed by atoms with Crippen molar-refractivity contribution in [3.63, 3.8) is 0 Å². The Balaban J connectivity index is 1.48. The van der Waals surface area contributed by atoms with E-state index in [1.165, 1.54) is 0 Å². The van der Waals surface area contributed by atoms with Gasteiger partial charge in [0.1, 0.15) is 18.1 Å². The molecule has 1 heterocycles. The maximum atomic E-state index is 12.8. The molecule has 1 aliphatic rings. The molecule has 3 amide bonds. The van der Waals surface area contributed by atoms with E-state index in [0.717, 1.165) is 11.1 Å². The molecule has 1 N–H and O–H groups in total. The summed E-state index contributed by atoms with van der Waals surface area (Å²) in [6, 6.07) is 11.8. The molecule has 0 atom stereocenters. The second kappa shape index (κ2) is 10.8. The molecule has 1 aliphatic heterocycles. The van der Waals surface area contributed by atoms with Crippen molar-refractivity contribution in [1.29, 1.82) is 0 Å². The van der Waals surface area contributed by atoms with Crippen LogP contribution in [-0.4, -0.2) is 68.1 Å². The van der Waals surface area contributed by atoms with Gasteiger partial charge in [-0.1, -0.05) is 18.2 Å². The Kier molecular flexibility index (Phi) is 7.86. The Morgan fingerprint density at radius 1 is 1.06 bits per heavy atom. The van der Waals surface area contributed by atoms with Crippen molar-refractivity contribution in [3.8, 4) is 11.5 Å². The lowest BCUT2D eigenvalue weighted by atomic mass is 10.1. The average Bonchev–Trinajstić information content (AvgIpc) is 2.81. The first-order chi connectivity index (χ1) is 15.4. The van der Waals surface area contributed by atoms with E-state index >= 15 is 0 Å². The van der Waals surface area contributed by atoms with Crippen LogP contribution >= 0.6 is 0 Å². The number of halogens is 2. The molecule has 0 spiro atoms. The van der Waals surface area contributed by atoms with Crippen LogP contribution in [0.5, 0.6) is 11.5 Å². The van der Waals surface area contributed by atoms with E-state index in [-0.39, 0.29) is 18.5 Å². The number of ether oxygens (including phenoxy) is 2. The van der Waals surface area contributed by atoms with Crippen molar-refractivity contribution in [2.75, 3.05) is 39.9 Å². The molecule has 0 aliphatic carbocycles. The SMILES string of the molecule is COc1cc(C(=O)N2CCN(C(=O)NCc3cccc(OCC(F)F)c3)CC2)ccc1C. The summed E-state index contributed by atoms with van der Waals surface area (Å²) in [6.07, 6.45) is -2.54. The van der Waals surface area contributed by atoms with Crippen molar-refractivity contribution in [3.05, 3.63) is 59.2 Å². The van der Waals surface area contributed by atoms with Gasteiger partial charge in [-0.3, -0.25) is 4.79 Å². The second-order valence-corrected chi connectivity index (χ2v) is 7.47. The van der Waals surface area contributed by atoms with Crippen molar-refractivity contribution in [1.82, 2.24) is 15.1 Å². The normalized spacial score (nSPS) is 13.8. The number of methoxy groups -OCH3 is 1. The Morgan fingerprint density at radius 3 is 2.47 bits per heavy atom. The number of rotatable bonds is 7. The molecule has 0 unspecified atom stereocenters. The van der Waals surface area contributed by atoms with E-state index in [9.17, 15) is 18.4 Å². The second-order valence-electron chi connectivity index (χ2n) is 7.47. The number of carbonyl (C=O) groups excluding carboxylic acids is 2. The summed E-state index contributed by atoms with van der Waals surface area (Å²) in [5.74, 6) is 0.901. The average molecular weight is 447 g/mol. The Hall–Kier alpha value is -3.36. The standard InChI is InChI=1S/C23H27F2N3O4/c1-16-6-7-18(13-20(16)31-2)22(29)27-8-10-28(11-9-27)23(30)26-14-17-4-3-5-19(12-17)32-15-21(24)25/h3-7,12-13,21H,8-11,14-15H2,1-2H3,(H,26,30). The van der Waals surface area contributed by atoms with E-state index in [4.69, 9.17) is 9.47 Å². The third-order valence-electron chi connectivity index (χ3n) is 5.23. The molecule has 0 bridgehead atoms. The van der Waals surface area contributed by atoms with Gasteiger partial charge in [-0.25, -0.2) is 13.6 Å². The number of carbonyl (C=O) groups is 2. The minimum absolute atomic E-state index is 0.0935. The van der Waals surface area contributed by atoms with Crippen molar-refractivity contribution in [2.24, 2.45) is 0 Å². The molecule has 0 radical (unpaired) electrons. The van der Waals surface area contributed by atoms with Gasteiger partial charge in [0.2, 0.25) is 0 Å². The molecule has 3 rings (SSSR count). The lowest BCUT2D eigenvalue weighted by Gasteiger charge is -2.34. The number of amides is 3. The van der Waals surface area contributed by atoms with Gasteiger partial charge >= 0.3 is 6.03 Å². The minimum Gasteiger partial charge on any atom is -0.496 e. The van der Waals surface area contributed by atoms with Gasteiger partial charge in [-0.2, -0.15) is 0 Å². The first-order valence-corrected chi connectivity index (χ1v) is 10.3. The molecule has 1 saturated heterocycles. The molecule has 7 nitrogen and oxygen atoms in total. The molecule has 2 aromatic rings. The molecular weight excluding hydrogens is 420 g/mol. The molecule has 0 saturated carbocycles. The fraction of sp³-hybridized carbons (Fsp3) is 0.391. The number of benzene rings is 2. The number of hydrogen-bond donors (Lipinski definition) is 1. The van der Waals surface area contributed by atoms with Crippen LogP contribution in [0.25, 0.3) is 0 Å². The van der Waals surface area contributed by atoms with E-state index < -0.39 is 13.0 Å². The molecular formula is C23H27F2N3O4. The van der Waals surface area contributed by atoms with Gasteiger partial charge < -0.3 is 24.6 Å². The fourth-order valence-corrected chi connectivity index (χ4v) is 3.44. The van der Waals surface area contributed by atoms with Crippen LogP contribution in [0, 0.1) is 6.92 Å². The van der Waals surface area contributed by atoms with E-state index in [0.29, 0.717) is 43.2 Å². The van der Waals surface area contributed by atoms with Gasteiger partial charge in [0.05, 0.1) is 7.11 Å². The highest BCUT2D eigenvalue weighted by molar-refractivity contribution is 5.95. The van der Waals surface area contributed by atoms with E-state index in [1.807, 2.05) is 13.0 Å². The first-order valence-electron chi connectivity index (χ1n) is 10.3. The van der Waals surface area contributed by atoms with Gasteiger partial charge in [0.25, 0.3) is 12.3 Å². The van der Waals surface area contributed by atoms with Gasteiger partial charge in [0, 0.05) is 38.3 Å². The molecule has 32 heavy (non-hydrogen) atoms. The predicted molar refractivity (Wildman–Crippen MR) is 115 cm³/mol. The third-order valence-corrected chi connectivity index (χ3v) is 5.23. The lowest BCUT2D eigenvalue weighted by molar-refractivity contribution is 0.0664. The Bertz CT molecular complexity index is 947. The zero-order chi connectivity index (χ0) is 23.1. The smallest absolute Gasteiger partial charge is 0.317 e. The topological polar surface area (TPSA) is 71.1 Å². The number of alkyl halides is 2. The van der Waals surface area contributed by atoms with E-state index in [1.54, 1.807) is 53.3 Å². The highest BCUT2D eigenvalue weighted by Crippen LogP contribution is 2.20. The molecule has 172 valence electrons. The van der Waals surface area contributed by atoms with Crippen LogP contribution in [-0.2, 0) is 6.54 Å². The maximum Gasteiger partial charge on any atom is 0.317 e. The molecule has 1 fully saturated rings. The molecule has 9 heteroatoms. The number of nitrogens with zero attached hydrogens (tertiary/aromatic N) is 2. The van der Waals surface area contributed by atoms with E-state index in [2.05, 4.69) is 5.32 Å². The summed E-state index contributed by atoms with van der Waals surface area (Å²) >= 11 is 0. The van der Waals surface area contributed by atoms with Crippen molar-refractivity contribution >= 4 is 11.9 Å². The van der Waals surface area contributed by atoms with Crippen LogP contribution < -0.4 is 14.8 Å². The number of piperazine rings is 1. The summed E-state index contributed by atoms with van der Waals surface area (Å²) < 4.78 is 34.9. The molecule has 0 aromatic heterocycles. The zero-order valence-corrected chi connectivity index (χ0v) is 18.1. The van der Waals surface area contributed by atoms with Gasteiger partial charge in [-0.15, -0.1) is 0 Å². The summed E-state index contributed by atoms with van der Waals surface area (Å²) in [5, 5.41) is 2.82. The summed E-state index contributed by atoms with van der Waals surface area (Å²) in [5.41, 5.74) is 2.25. The third kappa shape index (κ3) is 6.09.